The third-order valence-corrected chi connectivity index (χ3v) is 2.98. The summed E-state index contributed by atoms with van der Waals surface area (Å²) in [6.45, 7) is 9.75. The van der Waals surface area contributed by atoms with E-state index in [4.69, 9.17) is 0 Å². The van der Waals surface area contributed by atoms with Gasteiger partial charge in [0.15, 0.2) is 5.82 Å². The maximum atomic E-state index is 4.49. The van der Waals surface area contributed by atoms with Gasteiger partial charge >= 0.3 is 0 Å². The highest BCUT2D eigenvalue weighted by Gasteiger charge is 2.19. The van der Waals surface area contributed by atoms with E-state index in [1.807, 2.05) is 6.20 Å². The van der Waals surface area contributed by atoms with E-state index in [0.29, 0.717) is 5.92 Å². The molecule has 2 heterocycles. The van der Waals surface area contributed by atoms with E-state index in [1.54, 1.807) is 0 Å². The van der Waals surface area contributed by atoms with Gasteiger partial charge in [0.05, 0.1) is 5.69 Å². The lowest BCUT2D eigenvalue weighted by molar-refractivity contribution is 0.600. The van der Waals surface area contributed by atoms with E-state index < -0.39 is 0 Å². The Bertz CT molecular complexity index is 349. The number of pyridine rings is 1. The van der Waals surface area contributed by atoms with Crippen molar-refractivity contribution < 1.29 is 0 Å². The Morgan fingerprint density at radius 3 is 3.13 bits per heavy atom. The number of hydrogen-bond acceptors (Lipinski definition) is 3. The highest BCUT2D eigenvalue weighted by atomic mass is 15.2. The topological polar surface area (TPSA) is 28.2 Å². The number of nitrogens with one attached hydrogen (secondary N) is 1. The fraction of sp³-hybridized carbons (Fsp3) is 0.583. The predicted molar refractivity (Wildman–Crippen MR) is 64.5 cm³/mol. The molecule has 0 amide bonds. The Balaban J connectivity index is 2.42. The lowest BCUT2D eigenvalue weighted by Crippen LogP contribution is -2.28. The molecule has 0 radical (unpaired) electrons. The number of fused-ring (bicyclic) bond motifs is 1. The van der Waals surface area contributed by atoms with Crippen molar-refractivity contribution in [2.75, 3.05) is 29.9 Å². The van der Waals surface area contributed by atoms with Gasteiger partial charge in [0, 0.05) is 25.8 Å². The SMILES string of the molecule is CCN1CC(C)CNc2c(C)ccnc21. The van der Waals surface area contributed by atoms with Crippen LogP contribution in [-0.4, -0.2) is 24.6 Å². The molecule has 82 valence electrons. The molecule has 2 rings (SSSR count). The van der Waals surface area contributed by atoms with Crippen LogP contribution in [0, 0.1) is 12.8 Å². The Labute approximate surface area is 91.5 Å². The molecule has 1 N–H and O–H groups in total. The molecule has 0 spiro atoms. The Hall–Kier alpha value is -1.25. The summed E-state index contributed by atoms with van der Waals surface area (Å²) in [4.78, 5) is 6.84. The summed E-state index contributed by atoms with van der Waals surface area (Å²) >= 11 is 0. The van der Waals surface area contributed by atoms with Gasteiger partial charge in [-0.2, -0.15) is 0 Å². The van der Waals surface area contributed by atoms with Crippen molar-refractivity contribution in [2.24, 2.45) is 5.92 Å². The van der Waals surface area contributed by atoms with E-state index in [0.717, 1.165) is 25.5 Å². The second-order valence-corrected chi connectivity index (χ2v) is 4.35. The number of nitrogens with zero attached hydrogens (tertiary/aromatic N) is 2. The molecular formula is C12H19N3. The zero-order valence-electron chi connectivity index (χ0n) is 9.75. The highest BCUT2D eigenvalue weighted by Crippen LogP contribution is 2.29. The van der Waals surface area contributed by atoms with E-state index in [1.165, 1.54) is 11.3 Å². The molecule has 1 unspecified atom stereocenters. The summed E-state index contributed by atoms with van der Waals surface area (Å²) < 4.78 is 0. The van der Waals surface area contributed by atoms with Gasteiger partial charge in [0.25, 0.3) is 0 Å². The van der Waals surface area contributed by atoms with Gasteiger partial charge in [-0.3, -0.25) is 0 Å². The minimum atomic E-state index is 0.665. The van der Waals surface area contributed by atoms with Crippen molar-refractivity contribution >= 4 is 11.5 Å². The normalized spacial score (nSPS) is 20.5. The smallest absolute Gasteiger partial charge is 0.152 e. The van der Waals surface area contributed by atoms with Gasteiger partial charge in [-0.15, -0.1) is 0 Å². The number of anilines is 2. The minimum absolute atomic E-state index is 0.665. The summed E-state index contributed by atoms with van der Waals surface area (Å²) in [6.07, 6.45) is 1.90. The molecule has 0 fully saturated rings. The molecule has 0 bridgehead atoms. The van der Waals surface area contributed by atoms with Gasteiger partial charge in [0.2, 0.25) is 0 Å². The maximum Gasteiger partial charge on any atom is 0.152 e. The number of hydrogen-bond donors (Lipinski definition) is 1. The van der Waals surface area contributed by atoms with E-state index in [9.17, 15) is 0 Å². The highest BCUT2D eigenvalue weighted by molar-refractivity contribution is 5.70. The third-order valence-electron chi connectivity index (χ3n) is 2.98. The fourth-order valence-corrected chi connectivity index (χ4v) is 2.08. The minimum Gasteiger partial charge on any atom is -0.382 e. The van der Waals surface area contributed by atoms with Gasteiger partial charge in [-0.25, -0.2) is 4.98 Å². The van der Waals surface area contributed by atoms with Gasteiger partial charge in [-0.05, 0) is 31.4 Å². The molecule has 0 aliphatic carbocycles. The van der Waals surface area contributed by atoms with Gasteiger partial charge < -0.3 is 10.2 Å². The first-order chi connectivity index (χ1) is 7.22. The van der Waals surface area contributed by atoms with E-state index in [2.05, 4.69) is 42.0 Å². The summed E-state index contributed by atoms with van der Waals surface area (Å²) in [5.74, 6) is 1.78. The monoisotopic (exact) mass is 205 g/mol. The van der Waals surface area contributed by atoms with Crippen molar-refractivity contribution in [1.29, 1.82) is 0 Å². The van der Waals surface area contributed by atoms with Crippen LogP contribution in [-0.2, 0) is 0 Å². The van der Waals surface area contributed by atoms with E-state index in [-0.39, 0.29) is 0 Å². The van der Waals surface area contributed by atoms with Gasteiger partial charge in [-0.1, -0.05) is 6.92 Å². The van der Waals surface area contributed by atoms with E-state index >= 15 is 0 Å². The number of aromatic nitrogens is 1. The second-order valence-electron chi connectivity index (χ2n) is 4.35. The summed E-state index contributed by atoms with van der Waals surface area (Å²) in [6, 6.07) is 2.07. The van der Waals surface area contributed by atoms with Crippen LogP contribution in [0.15, 0.2) is 12.3 Å². The maximum absolute atomic E-state index is 4.49. The van der Waals surface area contributed by atoms with Crippen LogP contribution in [0.3, 0.4) is 0 Å². The molecule has 1 atom stereocenters. The molecule has 15 heavy (non-hydrogen) atoms. The standard InChI is InChI=1S/C12H19N3/c1-4-15-8-9(2)7-14-11-10(3)5-6-13-12(11)15/h5-6,9,14H,4,7-8H2,1-3H3. The summed E-state index contributed by atoms with van der Waals surface area (Å²) in [7, 11) is 0. The molecule has 1 aliphatic heterocycles. The molecule has 0 saturated heterocycles. The molecule has 0 saturated carbocycles. The summed E-state index contributed by atoms with van der Waals surface area (Å²) in [5.41, 5.74) is 2.50. The first kappa shape index (κ1) is 10.3. The fourth-order valence-electron chi connectivity index (χ4n) is 2.08. The van der Waals surface area contributed by atoms with Crippen LogP contribution in [0.5, 0.6) is 0 Å². The van der Waals surface area contributed by atoms with Crippen LogP contribution in [0.25, 0.3) is 0 Å². The molecule has 3 nitrogen and oxygen atoms in total. The number of aryl methyl sites for hydroxylation is 1. The quantitative estimate of drug-likeness (QED) is 0.762. The van der Waals surface area contributed by atoms with Crippen LogP contribution in [0.2, 0.25) is 0 Å². The summed E-state index contributed by atoms with van der Waals surface area (Å²) in [5, 5.41) is 3.50. The van der Waals surface area contributed by atoms with Crippen molar-refractivity contribution in [3.8, 4) is 0 Å². The van der Waals surface area contributed by atoms with Crippen LogP contribution in [0.4, 0.5) is 11.5 Å². The van der Waals surface area contributed by atoms with Crippen molar-refractivity contribution in [3.63, 3.8) is 0 Å². The lowest BCUT2D eigenvalue weighted by atomic mass is 10.2. The van der Waals surface area contributed by atoms with Crippen LogP contribution < -0.4 is 10.2 Å². The van der Waals surface area contributed by atoms with Crippen molar-refractivity contribution in [1.82, 2.24) is 4.98 Å². The first-order valence-corrected chi connectivity index (χ1v) is 5.66. The molecule has 1 aromatic rings. The third kappa shape index (κ3) is 1.91. The van der Waals surface area contributed by atoms with Crippen molar-refractivity contribution in [3.05, 3.63) is 17.8 Å². The van der Waals surface area contributed by atoms with Gasteiger partial charge in [0.1, 0.15) is 0 Å². The largest absolute Gasteiger partial charge is 0.382 e. The van der Waals surface area contributed by atoms with Crippen LogP contribution >= 0.6 is 0 Å². The Kier molecular flexibility index (Phi) is 2.80. The average Bonchev–Trinajstić information content (AvgIpc) is 2.39. The second kappa shape index (κ2) is 4.09. The Morgan fingerprint density at radius 2 is 2.40 bits per heavy atom. The van der Waals surface area contributed by atoms with Crippen LogP contribution in [0.1, 0.15) is 19.4 Å². The lowest BCUT2D eigenvalue weighted by Gasteiger charge is -2.23. The van der Waals surface area contributed by atoms with Crippen molar-refractivity contribution in [2.45, 2.75) is 20.8 Å². The molecule has 1 aliphatic rings. The zero-order chi connectivity index (χ0) is 10.8. The zero-order valence-corrected chi connectivity index (χ0v) is 9.75. The number of rotatable bonds is 1. The first-order valence-electron chi connectivity index (χ1n) is 5.66. The predicted octanol–water partition coefficient (Wildman–Crippen LogP) is 2.28. The molecule has 0 aromatic carbocycles. The molecule has 1 aromatic heterocycles. The Morgan fingerprint density at radius 1 is 1.60 bits per heavy atom. The molecular weight excluding hydrogens is 186 g/mol. The molecule has 3 heteroatoms. The average molecular weight is 205 g/mol.